The van der Waals surface area contributed by atoms with E-state index < -0.39 is 27.9 Å². The minimum absolute atomic E-state index is 0.0589. The first-order valence-corrected chi connectivity index (χ1v) is 8.89. The summed E-state index contributed by atoms with van der Waals surface area (Å²) >= 11 is 5.97. The number of nitrogens with zero attached hydrogens (tertiary/aromatic N) is 1. The normalized spacial score (nSPS) is 19.2. The lowest BCUT2D eigenvalue weighted by molar-refractivity contribution is -0.146. The molecule has 1 aromatic carbocycles. The number of ether oxygens (including phenoxy) is 1. The van der Waals surface area contributed by atoms with E-state index in [4.69, 9.17) is 16.3 Å². The summed E-state index contributed by atoms with van der Waals surface area (Å²) in [5.74, 6) is -1.16. The quantitative estimate of drug-likeness (QED) is 0.783. The van der Waals surface area contributed by atoms with Crippen molar-refractivity contribution in [1.82, 2.24) is 9.62 Å². The molecule has 2 rings (SSSR count). The van der Waals surface area contributed by atoms with Gasteiger partial charge in [0.2, 0.25) is 15.9 Å². The molecular formula is C14H17ClN2O5S. The fourth-order valence-electron chi connectivity index (χ4n) is 2.33. The van der Waals surface area contributed by atoms with Gasteiger partial charge >= 0.3 is 5.97 Å². The Labute approximate surface area is 139 Å². The van der Waals surface area contributed by atoms with Crippen molar-refractivity contribution in [3.8, 4) is 0 Å². The van der Waals surface area contributed by atoms with Crippen LogP contribution in [0, 0.1) is 0 Å². The van der Waals surface area contributed by atoms with Gasteiger partial charge in [-0.3, -0.25) is 9.59 Å². The largest absolute Gasteiger partial charge is 0.466 e. The molecule has 1 atom stereocenters. The minimum atomic E-state index is -4.00. The summed E-state index contributed by atoms with van der Waals surface area (Å²) in [4.78, 5) is 23.6. The fraction of sp³-hybridized carbons (Fsp3) is 0.429. The van der Waals surface area contributed by atoms with Crippen LogP contribution in [0.3, 0.4) is 0 Å². The zero-order valence-electron chi connectivity index (χ0n) is 12.5. The number of nitrogens with one attached hydrogen (secondary N) is 1. The Morgan fingerprint density at radius 3 is 2.78 bits per heavy atom. The molecule has 0 saturated carbocycles. The molecule has 1 saturated heterocycles. The van der Waals surface area contributed by atoms with Gasteiger partial charge in [-0.25, -0.2) is 8.42 Å². The molecule has 0 bridgehead atoms. The Kier molecular flexibility index (Phi) is 5.61. The number of halogens is 1. The monoisotopic (exact) mass is 360 g/mol. The van der Waals surface area contributed by atoms with Crippen molar-refractivity contribution in [1.29, 1.82) is 0 Å². The van der Waals surface area contributed by atoms with Crippen molar-refractivity contribution in [3.05, 3.63) is 29.3 Å². The second kappa shape index (κ2) is 7.29. The highest BCUT2D eigenvalue weighted by atomic mass is 35.5. The first kappa shape index (κ1) is 17.7. The number of carbonyl (C=O) groups excluding carboxylic acids is 2. The fourth-order valence-corrected chi connectivity index (χ4v) is 4.42. The van der Waals surface area contributed by atoms with E-state index in [9.17, 15) is 18.0 Å². The zero-order chi connectivity index (χ0) is 17.0. The predicted molar refractivity (Wildman–Crippen MR) is 83.4 cm³/mol. The van der Waals surface area contributed by atoms with Crippen molar-refractivity contribution in [2.75, 3.05) is 19.7 Å². The Hall–Kier alpha value is -1.64. The van der Waals surface area contributed by atoms with E-state index in [0.29, 0.717) is 0 Å². The summed E-state index contributed by atoms with van der Waals surface area (Å²) in [5.41, 5.74) is 0. The van der Waals surface area contributed by atoms with Crippen LogP contribution in [0.15, 0.2) is 29.2 Å². The molecule has 0 radical (unpaired) electrons. The molecule has 1 amide bonds. The summed E-state index contributed by atoms with van der Waals surface area (Å²) < 4.78 is 31.4. The van der Waals surface area contributed by atoms with E-state index in [-0.39, 0.29) is 36.0 Å². The van der Waals surface area contributed by atoms with Crippen molar-refractivity contribution >= 4 is 33.5 Å². The molecule has 1 aliphatic rings. The Morgan fingerprint density at radius 2 is 2.13 bits per heavy atom. The summed E-state index contributed by atoms with van der Waals surface area (Å²) in [5, 5.41) is 2.63. The van der Waals surface area contributed by atoms with Crippen LogP contribution >= 0.6 is 11.6 Å². The average molecular weight is 361 g/mol. The summed E-state index contributed by atoms with van der Waals surface area (Å²) in [6.07, 6.45) is -0.344. The number of esters is 1. The van der Waals surface area contributed by atoms with Crippen molar-refractivity contribution in [2.45, 2.75) is 24.3 Å². The summed E-state index contributed by atoms with van der Waals surface area (Å²) in [7, 11) is -4.00. The van der Waals surface area contributed by atoms with Crippen molar-refractivity contribution < 1.29 is 22.7 Å². The Morgan fingerprint density at radius 1 is 1.43 bits per heavy atom. The molecule has 1 N–H and O–H groups in total. The van der Waals surface area contributed by atoms with Gasteiger partial charge in [-0.05, 0) is 19.1 Å². The number of hydrogen-bond acceptors (Lipinski definition) is 5. The third-order valence-electron chi connectivity index (χ3n) is 3.37. The molecule has 126 valence electrons. The van der Waals surface area contributed by atoms with Gasteiger partial charge in [-0.15, -0.1) is 0 Å². The van der Waals surface area contributed by atoms with Gasteiger partial charge in [0.1, 0.15) is 10.9 Å². The van der Waals surface area contributed by atoms with Crippen LogP contribution in [-0.4, -0.2) is 50.3 Å². The topological polar surface area (TPSA) is 92.8 Å². The highest BCUT2D eigenvalue weighted by molar-refractivity contribution is 7.89. The van der Waals surface area contributed by atoms with Crippen LogP contribution in [0.1, 0.15) is 13.3 Å². The van der Waals surface area contributed by atoms with E-state index in [2.05, 4.69) is 5.32 Å². The zero-order valence-corrected chi connectivity index (χ0v) is 14.1. The van der Waals surface area contributed by atoms with Crippen LogP contribution in [0.4, 0.5) is 0 Å². The third-order valence-corrected chi connectivity index (χ3v) is 5.78. The Bertz CT molecular complexity index is 707. The average Bonchev–Trinajstić information content (AvgIpc) is 2.49. The molecule has 1 fully saturated rings. The molecule has 1 unspecified atom stereocenters. The minimum Gasteiger partial charge on any atom is -0.466 e. The number of amides is 1. The first-order valence-electron chi connectivity index (χ1n) is 7.07. The van der Waals surface area contributed by atoms with Crippen LogP contribution in [0.25, 0.3) is 0 Å². The summed E-state index contributed by atoms with van der Waals surface area (Å²) in [6.45, 7) is 2.02. The second-order valence-electron chi connectivity index (χ2n) is 4.86. The number of rotatable bonds is 5. The molecule has 1 aromatic rings. The second-order valence-corrected chi connectivity index (χ2v) is 7.13. The summed E-state index contributed by atoms with van der Waals surface area (Å²) in [6, 6.07) is 4.83. The Balaban J connectivity index is 2.35. The molecule has 0 aliphatic carbocycles. The third kappa shape index (κ3) is 3.82. The van der Waals surface area contributed by atoms with E-state index in [1.165, 1.54) is 12.1 Å². The van der Waals surface area contributed by atoms with E-state index in [1.54, 1.807) is 19.1 Å². The molecule has 9 heteroatoms. The lowest BCUT2D eigenvalue weighted by Gasteiger charge is -2.33. The molecule has 1 aliphatic heterocycles. The van der Waals surface area contributed by atoms with Gasteiger partial charge in [0.15, 0.2) is 0 Å². The molecule has 7 nitrogen and oxygen atoms in total. The van der Waals surface area contributed by atoms with E-state index in [1.807, 2.05) is 0 Å². The maximum absolute atomic E-state index is 12.8. The van der Waals surface area contributed by atoms with Crippen LogP contribution in [-0.2, 0) is 24.3 Å². The highest BCUT2D eigenvalue weighted by Gasteiger charge is 2.40. The van der Waals surface area contributed by atoms with Gasteiger partial charge in [0.05, 0.1) is 18.1 Å². The number of piperazine rings is 1. The van der Waals surface area contributed by atoms with Gasteiger partial charge in [0, 0.05) is 13.1 Å². The maximum Gasteiger partial charge on any atom is 0.307 e. The lowest BCUT2D eigenvalue weighted by atomic mass is 10.1. The molecular weight excluding hydrogens is 344 g/mol. The van der Waals surface area contributed by atoms with Gasteiger partial charge in [-0.2, -0.15) is 4.31 Å². The predicted octanol–water partition coefficient (Wildman–Crippen LogP) is 0.782. The first-order chi connectivity index (χ1) is 10.9. The SMILES string of the molecule is CCOC(=O)CC1C(=O)NCCN1S(=O)(=O)c1ccccc1Cl. The van der Waals surface area contributed by atoms with Crippen molar-refractivity contribution in [3.63, 3.8) is 0 Å². The maximum atomic E-state index is 12.8. The molecule has 1 heterocycles. The highest BCUT2D eigenvalue weighted by Crippen LogP contribution is 2.27. The molecule has 23 heavy (non-hydrogen) atoms. The van der Waals surface area contributed by atoms with Crippen LogP contribution < -0.4 is 5.32 Å². The lowest BCUT2D eigenvalue weighted by Crippen LogP contribution is -2.57. The van der Waals surface area contributed by atoms with Gasteiger partial charge in [0.25, 0.3) is 0 Å². The van der Waals surface area contributed by atoms with Crippen LogP contribution in [0.2, 0.25) is 5.02 Å². The number of benzene rings is 1. The number of sulfonamides is 1. The standard InChI is InChI=1S/C14H17ClN2O5S/c1-2-22-13(18)9-11-14(19)16-7-8-17(11)23(20,21)12-6-4-3-5-10(12)15/h3-6,11H,2,7-9H2,1H3,(H,16,19). The smallest absolute Gasteiger partial charge is 0.307 e. The van der Waals surface area contributed by atoms with E-state index in [0.717, 1.165) is 4.31 Å². The molecule has 0 spiro atoms. The van der Waals surface area contributed by atoms with Crippen LogP contribution in [0.5, 0.6) is 0 Å². The van der Waals surface area contributed by atoms with E-state index >= 15 is 0 Å². The number of hydrogen-bond donors (Lipinski definition) is 1. The van der Waals surface area contributed by atoms with Gasteiger partial charge in [-0.1, -0.05) is 23.7 Å². The van der Waals surface area contributed by atoms with Gasteiger partial charge < -0.3 is 10.1 Å². The molecule has 0 aromatic heterocycles. The van der Waals surface area contributed by atoms with Crippen molar-refractivity contribution in [2.24, 2.45) is 0 Å². The number of carbonyl (C=O) groups is 2.